The minimum atomic E-state index is -0.0479. The van der Waals surface area contributed by atoms with E-state index in [4.69, 9.17) is 0 Å². The predicted molar refractivity (Wildman–Crippen MR) is 129 cm³/mol. The molecule has 0 atom stereocenters. The highest BCUT2D eigenvalue weighted by Crippen LogP contribution is 2.28. The van der Waals surface area contributed by atoms with E-state index >= 15 is 0 Å². The Morgan fingerprint density at radius 1 is 0.812 bits per heavy atom. The van der Waals surface area contributed by atoms with E-state index in [0.717, 1.165) is 35.7 Å². The molecule has 3 aromatic rings. The van der Waals surface area contributed by atoms with Gasteiger partial charge in [0.05, 0.1) is 11.3 Å². The Bertz CT molecular complexity index is 1080. The van der Waals surface area contributed by atoms with Crippen LogP contribution in [-0.2, 0) is 0 Å². The van der Waals surface area contributed by atoms with E-state index in [1.54, 1.807) is 19.0 Å². The van der Waals surface area contributed by atoms with Crippen LogP contribution in [0.2, 0.25) is 0 Å². The largest absolute Gasteiger partial charge is 0.368 e. The molecule has 0 aromatic heterocycles. The first-order valence-electron chi connectivity index (χ1n) is 10.8. The molecule has 3 aromatic carbocycles. The van der Waals surface area contributed by atoms with Gasteiger partial charge < -0.3 is 20.0 Å². The van der Waals surface area contributed by atoms with Gasteiger partial charge in [-0.2, -0.15) is 0 Å². The number of amides is 2. The number of hydrogen-bond acceptors (Lipinski definition) is 4. The molecule has 6 nitrogen and oxygen atoms in total. The first-order valence-corrected chi connectivity index (χ1v) is 10.8. The molecule has 4 rings (SSSR count). The molecule has 32 heavy (non-hydrogen) atoms. The molecular weight excluding hydrogens is 400 g/mol. The van der Waals surface area contributed by atoms with Crippen molar-refractivity contribution in [3.8, 4) is 0 Å². The minimum Gasteiger partial charge on any atom is -0.368 e. The van der Waals surface area contributed by atoms with Gasteiger partial charge in [0.15, 0.2) is 0 Å². The molecule has 0 radical (unpaired) electrons. The van der Waals surface area contributed by atoms with Gasteiger partial charge in [-0.1, -0.05) is 36.4 Å². The quantitative estimate of drug-likeness (QED) is 0.665. The summed E-state index contributed by atoms with van der Waals surface area (Å²) in [6.07, 6.45) is 0. The molecule has 1 saturated heterocycles. The topological polar surface area (TPSA) is 55.9 Å². The average molecular weight is 429 g/mol. The number of piperazine rings is 1. The lowest BCUT2D eigenvalue weighted by Crippen LogP contribution is -2.48. The van der Waals surface area contributed by atoms with Gasteiger partial charge in [0.25, 0.3) is 11.8 Å². The van der Waals surface area contributed by atoms with Gasteiger partial charge in [-0.25, -0.2) is 0 Å². The lowest BCUT2D eigenvalue weighted by molar-refractivity contribution is 0.0746. The maximum Gasteiger partial charge on any atom is 0.255 e. The molecule has 2 amide bonds. The van der Waals surface area contributed by atoms with E-state index in [2.05, 4.69) is 10.2 Å². The van der Waals surface area contributed by atoms with Crippen molar-refractivity contribution < 1.29 is 9.59 Å². The lowest BCUT2D eigenvalue weighted by atomic mass is 10.1. The smallest absolute Gasteiger partial charge is 0.255 e. The summed E-state index contributed by atoms with van der Waals surface area (Å²) in [7, 11) is 3.51. The molecule has 0 unspecified atom stereocenters. The number of benzene rings is 3. The maximum atomic E-state index is 12.7. The van der Waals surface area contributed by atoms with Gasteiger partial charge in [-0.3, -0.25) is 9.59 Å². The molecule has 0 bridgehead atoms. The Hall–Kier alpha value is -3.80. The van der Waals surface area contributed by atoms with Gasteiger partial charge in [0.2, 0.25) is 0 Å². The standard InChI is InChI=1S/C26H28N4O2/c1-28(2)26(32)23-14-13-22(19-24(23)27-21-11-7-4-8-12-21)29-15-17-30(18-16-29)25(31)20-9-5-3-6-10-20/h3-14,19,27H,15-18H2,1-2H3. The Balaban J connectivity index is 1.52. The summed E-state index contributed by atoms with van der Waals surface area (Å²) < 4.78 is 0. The molecule has 1 aliphatic rings. The summed E-state index contributed by atoms with van der Waals surface area (Å²) in [6, 6.07) is 25.1. The lowest BCUT2D eigenvalue weighted by Gasteiger charge is -2.36. The Morgan fingerprint density at radius 2 is 1.44 bits per heavy atom. The van der Waals surface area contributed by atoms with Crippen LogP contribution in [0.3, 0.4) is 0 Å². The van der Waals surface area contributed by atoms with Crippen LogP contribution < -0.4 is 10.2 Å². The van der Waals surface area contributed by atoms with Crippen LogP contribution in [0, 0.1) is 0 Å². The van der Waals surface area contributed by atoms with Gasteiger partial charge in [-0.15, -0.1) is 0 Å². The van der Waals surface area contributed by atoms with Crippen LogP contribution in [0.15, 0.2) is 78.9 Å². The van der Waals surface area contributed by atoms with E-state index in [9.17, 15) is 9.59 Å². The molecule has 6 heteroatoms. The fourth-order valence-corrected chi connectivity index (χ4v) is 3.87. The monoisotopic (exact) mass is 428 g/mol. The van der Waals surface area contributed by atoms with Crippen molar-refractivity contribution in [2.45, 2.75) is 0 Å². The van der Waals surface area contributed by atoms with Gasteiger partial charge >= 0.3 is 0 Å². The molecular formula is C26H28N4O2. The molecule has 1 heterocycles. The number of hydrogen-bond donors (Lipinski definition) is 1. The van der Waals surface area contributed by atoms with Crippen LogP contribution in [0.1, 0.15) is 20.7 Å². The number of anilines is 3. The van der Waals surface area contributed by atoms with Crippen LogP contribution in [0.5, 0.6) is 0 Å². The fraction of sp³-hybridized carbons (Fsp3) is 0.231. The van der Waals surface area contributed by atoms with E-state index < -0.39 is 0 Å². The number of para-hydroxylation sites is 1. The number of carbonyl (C=O) groups excluding carboxylic acids is 2. The van der Waals surface area contributed by atoms with Crippen LogP contribution >= 0.6 is 0 Å². The number of nitrogens with zero attached hydrogens (tertiary/aromatic N) is 3. The summed E-state index contributed by atoms with van der Waals surface area (Å²) in [5, 5.41) is 3.40. The molecule has 1 fully saturated rings. The summed E-state index contributed by atoms with van der Waals surface area (Å²) >= 11 is 0. The number of rotatable bonds is 5. The SMILES string of the molecule is CN(C)C(=O)c1ccc(N2CCN(C(=O)c3ccccc3)CC2)cc1Nc1ccccc1. The Labute approximate surface area is 189 Å². The summed E-state index contributed by atoms with van der Waals surface area (Å²) in [5.74, 6) is 0.0249. The highest BCUT2D eigenvalue weighted by atomic mass is 16.2. The summed E-state index contributed by atoms with van der Waals surface area (Å²) in [6.45, 7) is 2.80. The second-order valence-corrected chi connectivity index (χ2v) is 8.07. The average Bonchev–Trinajstić information content (AvgIpc) is 2.84. The normalized spacial score (nSPS) is 13.6. The molecule has 0 saturated carbocycles. The third-order valence-electron chi connectivity index (χ3n) is 5.65. The first kappa shape index (κ1) is 21.4. The molecule has 164 valence electrons. The van der Waals surface area contributed by atoms with Crippen molar-refractivity contribution in [1.29, 1.82) is 0 Å². The molecule has 1 aliphatic heterocycles. The van der Waals surface area contributed by atoms with Crippen molar-refractivity contribution in [3.63, 3.8) is 0 Å². The van der Waals surface area contributed by atoms with Crippen molar-refractivity contribution in [2.24, 2.45) is 0 Å². The second kappa shape index (κ2) is 9.56. The second-order valence-electron chi connectivity index (χ2n) is 8.07. The van der Waals surface area contributed by atoms with Crippen LogP contribution in [0.4, 0.5) is 17.1 Å². The van der Waals surface area contributed by atoms with Crippen molar-refractivity contribution >= 4 is 28.9 Å². The zero-order valence-corrected chi connectivity index (χ0v) is 18.5. The zero-order valence-electron chi connectivity index (χ0n) is 18.5. The van der Waals surface area contributed by atoms with Crippen LogP contribution in [-0.4, -0.2) is 61.9 Å². The van der Waals surface area contributed by atoms with Crippen molar-refractivity contribution in [2.75, 3.05) is 50.5 Å². The minimum absolute atomic E-state index is 0.0479. The highest BCUT2D eigenvalue weighted by molar-refractivity contribution is 6.01. The number of carbonyl (C=O) groups is 2. The van der Waals surface area contributed by atoms with Gasteiger partial charge in [0, 0.05) is 57.2 Å². The molecule has 0 spiro atoms. The Kier molecular flexibility index (Phi) is 6.40. The highest BCUT2D eigenvalue weighted by Gasteiger charge is 2.23. The summed E-state index contributed by atoms with van der Waals surface area (Å²) in [5.41, 5.74) is 4.08. The fourth-order valence-electron chi connectivity index (χ4n) is 3.87. The summed E-state index contributed by atoms with van der Waals surface area (Å²) in [4.78, 5) is 31.2. The van der Waals surface area contributed by atoms with Crippen molar-refractivity contribution in [3.05, 3.63) is 90.0 Å². The van der Waals surface area contributed by atoms with Crippen LogP contribution in [0.25, 0.3) is 0 Å². The number of nitrogens with one attached hydrogen (secondary N) is 1. The van der Waals surface area contributed by atoms with E-state index in [0.29, 0.717) is 18.7 Å². The third kappa shape index (κ3) is 4.75. The van der Waals surface area contributed by atoms with E-state index in [1.807, 2.05) is 83.8 Å². The van der Waals surface area contributed by atoms with Crippen molar-refractivity contribution in [1.82, 2.24) is 9.80 Å². The third-order valence-corrected chi connectivity index (χ3v) is 5.65. The zero-order chi connectivity index (χ0) is 22.5. The molecule has 0 aliphatic carbocycles. The molecule has 1 N–H and O–H groups in total. The first-order chi connectivity index (χ1) is 15.5. The van der Waals surface area contributed by atoms with E-state index in [1.165, 1.54) is 0 Å². The van der Waals surface area contributed by atoms with Gasteiger partial charge in [0.1, 0.15) is 0 Å². The Morgan fingerprint density at radius 3 is 2.06 bits per heavy atom. The predicted octanol–water partition coefficient (Wildman–Crippen LogP) is 4.09. The van der Waals surface area contributed by atoms with Gasteiger partial charge in [-0.05, 0) is 42.5 Å². The maximum absolute atomic E-state index is 12.7. The van der Waals surface area contributed by atoms with E-state index in [-0.39, 0.29) is 11.8 Å².